The average Bonchev–Trinajstić information content (AvgIpc) is 2.88. The summed E-state index contributed by atoms with van der Waals surface area (Å²) in [6, 6.07) is 6.95. The number of urea groups is 1. The number of hydrogen-bond donors (Lipinski definition) is 1. The Bertz CT molecular complexity index is 541. The van der Waals surface area contributed by atoms with Crippen LogP contribution < -0.4 is 10.2 Å². The molecule has 0 aromatic heterocycles. The van der Waals surface area contributed by atoms with Crippen LogP contribution in [0.1, 0.15) is 33.1 Å². The summed E-state index contributed by atoms with van der Waals surface area (Å²) in [6.45, 7) is 6.08. The van der Waals surface area contributed by atoms with E-state index in [1.54, 1.807) is 17.0 Å². The molecule has 0 aliphatic carbocycles. The maximum absolute atomic E-state index is 12.3. The third-order valence-corrected chi connectivity index (χ3v) is 4.12. The van der Waals surface area contributed by atoms with E-state index >= 15 is 0 Å². The van der Waals surface area contributed by atoms with Crippen molar-refractivity contribution in [3.8, 4) is 0 Å². The van der Waals surface area contributed by atoms with Gasteiger partial charge in [0.15, 0.2) is 0 Å². The second-order valence-electron chi connectivity index (χ2n) is 5.82. The second-order valence-corrected chi connectivity index (χ2v) is 6.25. The molecule has 1 atom stereocenters. The summed E-state index contributed by atoms with van der Waals surface area (Å²) < 4.78 is 0. The molecule has 2 rings (SSSR count). The van der Waals surface area contributed by atoms with E-state index in [1.807, 2.05) is 17.0 Å². The summed E-state index contributed by atoms with van der Waals surface area (Å²) in [5, 5.41) is 3.63. The largest absolute Gasteiger partial charge is 0.333 e. The highest BCUT2D eigenvalue weighted by atomic mass is 35.5. The van der Waals surface area contributed by atoms with Crippen LogP contribution in [-0.4, -0.2) is 42.5 Å². The van der Waals surface area contributed by atoms with E-state index in [9.17, 15) is 9.59 Å². The van der Waals surface area contributed by atoms with Crippen molar-refractivity contribution in [2.45, 2.75) is 39.2 Å². The fraction of sp³-hybridized carbons (Fsp3) is 0.529. The minimum Gasteiger partial charge on any atom is -0.333 e. The lowest BCUT2D eigenvalue weighted by atomic mass is 10.2. The minimum absolute atomic E-state index is 0.0233. The van der Waals surface area contributed by atoms with Crippen molar-refractivity contribution in [2.75, 3.05) is 24.5 Å². The Morgan fingerprint density at radius 1 is 1.26 bits per heavy atom. The van der Waals surface area contributed by atoms with Crippen molar-refractivity contribution in [2.24, 2.45) is 0 Å². The summed E-state index contributed by atoms with van der Waals surface area (Å²) in [7, 11) is 0. The normalized spacial score (nSPS) is 17.4. The number of rotatable bonds is 6. The first-order chi connectivity index (χ1) is 11.0. The minimum atomic E-state index is -0.151. The molecule has 1 aliphatic heterocycles. The van der Waals surface area contributed by atoms with E-state index in [-0.39, 0.29) is 18.0 Å². The van der Waals surface area contributed by atoms with Crippen LogP contribution in [0.25, 0.3) is 0 Å². The molecule has 1 N–H and O–H groups in total. The van der Waals surface area contributed by atoms with E-state index in [1.165, 1.54) is 0 Å². The molecule has 1 aliphatic rings. The third kappa shape index (κ3) is 4.61. The average molecular weight is 338 g/mol. The van der Waals surface area contributed by atoms with Crippen molar-refractivity contribution in [1.29, 1.82) is 0 Å². The van der Waals surface area contributed by atoms with Crippen LogP contribution in [-0.2, 0) is 4.79 Å². The molecule has 1 saturated heterocycles. The summed E-state index contributed by atoms with van der Waals surface area (Å²) in [4.78, 5) is 28.1. The molecule has 0 saturated carbocycles. The zero-order valence-corrected chi connectivity index (χ0v) is 14.5. The van der Waals surface area contributed by atoms with Crippen LogP contribution in [0, 0.1) is 0 Å². The number of carbonyl (C=O) groups is 2. The van der Waals surface area contributed by atoms with E-state index in [4.69, 9.17) is 11.6 Å². The highest BCUT2D eigenvalue weighted by Gasteiger charge is 2.32. The number of nitrogens with zero attached hydrogens (tertiary/aromatic N) is 2. The molecule has 126 valence electrons. The van der Waals surface area contributed by atoms with E-state index in [0.717, 1.165) is 31.6 Å². The number of halogens is 1. The number of carbonyl (C=O) groups excluding carboxylic acids is 2. The molecular weight excluding hydrogens is 314 g/mol. The Balaban J connectivity index is 1.96. The number of amides is 3. The Morgan fingerprint density at radius 3 is 2.43 bits per heavy atom. The Hall–Kier alpha value is -1.75. The van der Waals surface area contributed by atoms with E-state index < -0.39 is 0 Å². The maximum atomic E-state index is 12.3. The van der Waals surface area contributed by atoms with Gasteiger partial charge in [0.2, 0.25) is 5.91 Å². The first-order valence-electron chi connectivity index (χ1n) is 8.16. The molecule has 1 aromatic rings. The molecular formula is C17H24ClN3O2. The Labute approximate surface area is 142 Å². The molecule has 0 bridgehead atoms. The zero-order valence-electron chi connectivity index (χ0n) is 13.7. The predicted octanol–water partition coefficient (Wildman–Crippen LogP) is 3.28. The van der Waals surface area contributed by atoms with E-state index in [2.05, 4.69) is 19.2 Å². The van der Waals surface area contributed by atoms with Crippen molar-refractivity contribution in [3.63, 3.8) is 0 Å². The van der Waals surface area contributed by atoms with Crippen LogP contribution >= 0.6 is 11.6 Å². The summed E-state index contributed by atoms with van der Waals surface area (Å²) in [5.41, 5.74) is 0.815. The molecule has 1 heterocycles. The fourth-order valence-electron chi connectivity index (χ4n) is 2.80. The molecule has 5 nitrogen and oxygen atoms in total. The lowest BCUT2D eigenvalue weighted by Crippen LogP contribution is -2.46. The van der Waals surface area contributed by atoms with Gasteiger partial charge in [0, 0.05) is 36.8 Å². The molecule has 3 amide bonds. The summed E-state index contributed by atoms with van der Waals surface area (Å²) in [6.07, 6.45) is 2.18. The van der Waals surface area contributed by atoms with Gasteiger partial charge in [0.05, 0.1) is 6.04 Å². The molecule has 0 radical (unpaired) electrons. The topological polar surface area (TPSA) is 52.7 Å². The van der Waals surface area contributed by atoms with Crippen LogP contribution in [0.4, 0.5) is 10.5 Å². The van der Waals surface area contributed by atoms with Crippen molar-refractivity contribution in [3.05, 3.63) is 29.3 Å². The third-order valence-electron chi connectivity index (χ3n) is 3.87. The standard InChI is InChI=1S/C17H24ClN3O2/c1-3-9-20(10-4-2)17(23)19-14-11-16(22)21(12-14)15-7-5-13(18)6-8-15/h5-8,14H,3-4,9-12H2,1-2H3,(H,19,23). The van der Waals surface area contributed by atoms with Crippen molar-refractivity contribution in [1.82, 2.24) is 10.2 Å². The zero-order chi connectivity index (χ0) is 16.8. The van der Waals surface area contributed by atoms with Gasteiger partial charge in [-0.3, -0.25) is 4.79 Å². The molecule has 0 spiro atoms. The number of anilines is 1. The van der Waals surface area contributed by atoms with Gasteiger partial charge in [0.1, 0.15) is 0 Å². The Kier molecular flexibility index (Phi) is 6.28. The first-order valence-corrected chi connectivity index (χ1v) is 8.54. The lowest BCUT2D eigenvalue weighted by Gasteiger charge is -2.24. The molecule has 1 fully saturated rings. The predicted molar refractivity (Wildman–Crippen MR) is 92.9 cm³/mol. The molecule has 6 heteroatoms. The van der Waals surface area contributed by atoms with Crippen molar-refractivity contribution >= 4 is 29.2 Å². The molecule has 1 unspecified atom stereocenters. The quantitative estimate of drug-likeness (QED) is 0.866. The molecule has 1 aromatic carbocycles. The maximum Gasteiger partial charge on any atom is 0.317 e. The highest BCUT2D eigenvalue weighted by molar-refractivity contribution is 6.30. The van der Waals surface area contributed by atoms with Gasteiger partial charge < -0.3 is 15.1 Å². The second kappa shape index (κ2) is 8.20. The van der Waals surface area contributed by atoms with Gasteiger partial charge in [-0.25, -0.2) is 4.79 Å². The molecule has 23 heavy (non-hydrogen) atoms. The number of benzene rings is 1. The van der Waals surface area contributed by atoms with Crippen LogP contribution in [0.3, 0.4) is 0 Å². The number of hydrogen-bond acceptors (Lipinski definition) is 2. The fourth-order valence-corrected chi connectivity index (χ4v) is 2.92. The van der Waals surface area contributed by atoms with Crippen molar-refractivity contribution < 1.29 is 9.59 Å². The van der Waals surface area contributed by atoms with Gasteiger partial charge in [-0.2, -0.15) is 0 Å². The van der Waals surface area contributed by atoms with Crippen LogP contribution in [0.5, 0.6) is 0 Å². The highest BCUT2D eigenvalue weighted by Crippen LogP contribution is 2.23. The van der Waals surface area contributed by atoms with Crippen LogP contribution in [0.15, 0.2) is 24.3 Å². The van der Waals surface area contributed by atoms with Crippen LogP contribution in [0.2, 0.25) is 5.02 Å². The monoisotopic (exact) mass is 337 g/mol. The van der Waals surface area contributed by atoms with Gasteiger partial charge in [0.25, 0.3) is 0 Å². The lowest BCUT2D eigenvalue weighted by molar-refractivity contribution is -0.117. The Morgan fingerprint density at radius 2 is 1.87 bits per heavy atom. The SMILES string of the molecule is CCCN(CCC)C(=O)NC1CC(=O)N(c2ccc(Cl)cc2)C1. The number of nitrogens with one attached hydrogen (secondary N) is 1. The van der Waals surface area contributed by atoms with Gasteiger partial charge in [-0.1, -0.05) is 25.4 Å². The summed E-state index contributed by atoms with van der Waals surface area (Å²) >= 11 is 5.88. The smallest absolute Gasteiger partial charge is 0.317 e. The van der Waals surface area contributed by atoms with E-state index in [0.29, 0.717) is 18.0 Å². The van der Waals surface area contributed by atoms with Gasteiger partial charge in [-0.05, 0) is 37.1 Å². The first kappa shape index (κ1) is 17.6. The van der Waals surface area contributed by atoms with Gasteiger partial charge in [-0.15, -0.1) is 0 Å². The summed E-state index contributed by atoms with van der Waals surface area (Å²) in [5.74, 6) is 0.0233. The van der Waals surface area contributed by atoms with Gasteiger partial charge >= 0.3 is 6.03 Å².